The first-order valence-electron chi connectivity index (χ1n) is 9.15. The molecule has 2 aromatic carbocycles. The molecular weight excluding hydrogens is 452 g/mol. The van der Waals surface area contributed by atoms with E-state index < -0.39 is 4.92 Å². The van der Waals surface area contributed by atoms with Crippen LogP contribution in [0.15, 0.2) is 36.4 Å². The van der Waals surface area contributed by atoms with Gasteiger partial charge in [-0.2, -0.15) is 0 Å². The maximum absolute atomic E-state index is 13.2. The number of amides is 1. The molecule has 1 saturated heterocycles. The number of thiophene rings is 1. The Kier molecular flexibility index (Phi) is 5.92. The van der Waals surface area contributed by atoms with Crippen molar-refractivity contribution in [3.8, 4) is 0 Å². The summed E-state index contributed by atoms with van der Waals surface area (Å²) in [6.07, 6.45) is 0. The molecule has 156 valence electrons. The Hall–Kier alpha value is -2.26. The summed E-state index contributed by atoms with van der Waals surface area (Å²) in [5, 5.41) is 12.3. The summed E-state index contributed by atoms with van der Waals surface area (Å²) in [6, 6.07) is 8.75. The summed E-state index contributed by atoms with van der Waals surface area (Å²) in [7, 11) is 0. The number of fused-ring (bicyclic) bond motifs is 1. The second-order valence-electron chi connectivity index (χ2n) is 6.99. The highest BCUT2D eigenvalue weighted by Gasteiger charge is 2.27. The van der Waals surface area contributed by atoms with Crippen LogP contribution in [-0.2, 0) is 6.54 Å². The maximum Gasteiger partial charge on any atom is 0.270 e. The number of nitro groups is 1. The van der Waals surface area contributed by atoms with Crippen LogP contribution in [0.3, 0.4) is 0 Å². The van der Waals surface area contributed by atoms with Crippen LogP contribution in [-0.4, -0.2) is 46.8 Å². The van der Waals surface area contributed by atoms with Crippen LogP contribution in [0.25, 0.3) is 10.1 Å². The molecular formula is C20H16Cl2FN3O3S. The van der Waals surface area contributed by atoms with Gasteiger partial charge < -0.3 is 4.90 Å². The zero-order chi connectivity index (χ0) is 21.4. The second-order valence-corrected chi connectivity index (χ2v) is 8.82. The minimum absolute atomic E-state index is 0.0347. The van der Waals surface area contributed by atoms with Crippen LogP contribution in [0.1, 0.15) is 15.2 Å². The smallest absolute Gasteiger partial charge is 0.270 e. The van der Waals surface area contributed by atoms with Crippen molar-refractivity contribution in [2.24, 2.45) is 0 Å². The van der Waals surface area contributed by atoms with Crippen molar-refractivity contribution in [3.63, 3.8) is 0 Å². The number of halogens is 3. The Morgan fingerprint density at radius 1 is 1.13 bits per heavy atom. The number of hydrogen-bond donors (Lipinski definition) is 0. The fourth-order valence-corrected chi connectivity index (χ4v) is 5.19. The van der Waals surface area contributed by atoms with Crippen LogP contribution >= 0.6 is 34.5 Å². The number of nitrogens with zero attached hydrogens (tertiary/aromatic N) is 3. The average molecular weight is 468 g/mol. The number of rotatable bonds is 4. The molecule has 3 aromatic rings. The summed E-state index contributed by atoms with van der Waals surface area (Å²) >= 11 is 13.7. The van der Waals surface area contributed by atoms with Crippen molar-refractivity contribution >= 4 is 56.2 Å². The fourth-order valence-electron chi connectivity index (χ4n) is 3.45. The van der Waals surface area contributed by atoms with Crippen molar-refractivity contribution in [1.29, 1.82) is 0 Å². The molecule has 0 radical (unpaired) electrons. The lowest BCUT2D eigenvalue weighted by Gasteiger charge is -2.34. The predicted octanol–water partition coefficient (Wildman–Crippen LogP) is 5.21. The van der Waals surface area contributed by atoms with Gasteiger partial charge in [-0.05, 0) is 23.8 Å². The van der Waals surface area contributed by atoms with Crippen LogP contribution in [0.2, 0.25) is 10.0 Å². The number of carbonyl (C=O) groups is 1. The minimum Gasteiger partial charge on any atom is -0.335 e. The number of nitro benzene ring substituents is 1. The molecule has 1 amide bonds. The Labute approximate surface area is 185 Å². The number of non-ortho nitro benzene ring substituents is 1. The fraction of sp³-hybridized carbons (Fsp3) is 0.250. The second kappa shape index (κ2) is 8.47. The van der Waals surface area contributed by atoms with Gasteiger partial charge >= 0.3 is 0 Å². The Balaban J connectivity index is 1.45. The lowest BCUT2D eigenvalue weighted by atomic mass is 10.2. The molecule has 0 unspecified atom stereocenters. The van der Waals surface area contributed by atoms with Gasteiger partial charge in [0.2, 0.25) is 0 Å². The first-order valence-corrected chi connectivity index (χ1v) is 10.7. The molecule has 2 heterocycles. The molecule has 30 heavy (non-hydrogen) atoms. The number of carbonyl (C=O) groups excluding carboxylic acids is 1. The molecule has 0 bridgehead atoms. The van der Waals surface area contributed by atoms with Crippen molar-refractivity contribution in [2.45, 2.75) is 6.54 Å². The average Bonchev–Trinajstić information content (AvgIpc) is 3.06. The van der Waals surface area contributed by atoms with Crippen LogP contribution in [0.5, 0.6) is 0 Å². The number of hydrogen-bond acceptors (Lipinski definition) is 5. The van der Waals surface area contributed by atoms with E-state index in [4.69, 9.17) is 23.2 Å². The molecule has 0 saturated carbocycles. The summed E-state index contributed by atoms with van der Waals surface area (Å²) < 4.78 is 13.8. The Bertz CT molecular complexity index is 1150. The van der Waals surface area contributed by atoms with E-state index in [1.807, 2.05) is 0 Å². The molecule has 1 aliphatic heterocycles. The van der Waals surface area contributed by atoms with Gasteiger partial charge in [0.05, 0.1) is 9.95 Å². The summed E-state index contributed by atoms with van der Waals surface area (Å²) in [5.74, 6) is -0.548. The first-order chi connectivity index (χ1) is 14.3. The van der Waals surface area contributed by atoms with Crippen molar-refractivity contribution in [1.82, 2.24) is 9.80 Å². The van der Waals surface area contributed by atoms with Gasteiger partial charge in [-0.3, -0.25) is 19.8 Å². The summed E-state index contributed by atoms with van der Waals surface area (Å²) in [6.45, 7) is 2.90. The quantitative estimate of drug-likeness (QED) is 0.389. The van der Waals surface area contributed by atoms with E-state index in [9.17, 15) is 19.3 Å². The predicted molar refractivity (Wildman–Crippen MR) is 116 cm³/mol. The van der Waals surface area contributed by atoms with Gasteiger partial charge in [-0.15, -0.1) is 11.3 Å². The van der Waals surface area contributed by atoms with Crippen LogP contribution in [0, 0.1) is 15.9 Å². The third-order valence-electron chi connectivity index (χ3n) is 5.09. The molecule has 0 aliphatic carbocycles. The number of benzene rings is 2. The largest absolute Gasteiger partial charge is 0.335 e. The Morgan fingerprint density at radius 2 is 1.87 bits per heavy atom. The standard InChI is InChI=1S/C20H16Cl2FN3O3S/c21-16-9-13(23)2-1-12(16)11-24-5-7-25(8-6-24)20(27)19-18(22)15-4-3-14(26(28)29)10-17(15)30-19/h1-4,9-10H,5-8,11H2. The topological polar surface area (TPSA) is 66.7 Å². The minimum atomic E-state index is -0.471. The molecule has 1 aliphatic rings. The van der Waals surface area contributed by atoms with E-state index in [2.05, 4.69) is 4.90 Å². The summed E-state index contributed by atoms with van der Waals surface area (Å²) in [5.41, 5.74) is 0.805. The highest BCUT2D eigenvalue weighted by atomic mass is 35.5. The molecule has 0 N–H and O–H groups in total. The number of piperazine rings is 1. The van der Waals surface area contributed by atoms with Gasteiger partial charge in [0.25, 0.3) is 11.6 Å². The highest BCUT2D eigenvalue weighted by Crippen LogP contribution is 2.38. The van der Waals surface area contributed by atoms with E-state index in [-0.39, 0.29) is 17.4 Å². The normalized spacial score (nSPS) is 15.0. The van der Waals surface area contributed by atoms with E-state index in [1.165, 1.54) is 35.6 Å². The molecule has 6 nitrogen and oxygen atoms in total. The third-order valence-corrected chi connectivity index (χ3v) is 7.08. The van der Waals surface area contributed by atoms with Crippen LogP contribution in [0.4, 0.5) is 10.1 Å². The molecule has 1 fully saturated rings. The lowest BCUT2D eigenvalue weighted by Crippen LogP contribution is -2.48. The third kappa shape index (κ3) is 4.13. The maximum atomic E-state index is 13.2. The van der Waals surface area contributed by atoms with Crippen LogP contribution < -0.4 is 0 Å². The summed E-state index contributed by atoms with van der Waals surface area (Å²) in [4.78, 5) is 27.8. The van der Waals surface area contributed by atoms with Gasteiger partial charge in [-0.1, -0.05) is 29.3 Å². The van der Waals surface area contributed by atoms with Gasteiger partial charge in [-0.25, -0.2) is 4.39 Å². The van der Waals surface area contributed by atoms with E-state index in [1.54, 1.807) is 17.0 Å². The monoisotopic (exact) mass is 467 g/mol. The Morgan fingerprint density at radius 3 is 2.53 bits per heavy atom. The molecule has 0 spiro atoms. The highest BCUT2D eigenvalue weighted by molar-refractivity contribution is 7.21. The van der Waals surface area contributed by atoms with Gasteiger partial charge in [0, 0.05) is 60.0 Å². The zero-order valence-electron chi connectivity index (χ0n) is 15.6. The van der Waals surface area contributed by atoms with Gasteiger partial charge in [0.1, 0.15) is 10.7 Å². The van der Waals surface area contributed by atoms with E-state index >= 15 is 0 Å². The van der Waals surface area contributed by atoms with Crippen molar-refractivity contribution in [3.05, 3.63) is 72.8 Å². The van der Waals surface area contributed by atoms with E-state index in [0.717, 1.165) is 5.56 Å². The zero-order valence-corrected chi connectivity index (χ0v) is 17.9. The van der Waals surface area contributed by atoms with E-state index in [0.29, 0.717) is 57.7 Å². The SMILES string of the molecule is O=C(c1sc2cc([N+](=O)[O-])ccc2c1Cl)N1CCN(Cc2ccc(F)cc2Cl)CC1. The van der Waals surface area contributed by atoms with Crippen molar-refractivity contribution < 1.29 is 14.1 Å². The molecule has 1 aromatic heterocycles. The lowest BCUT2D eigenvalue weighted by molar-refractivity contribution is -0.384. The van der Waals surface area contributed by atoms with Gasteiger partial charge in [0.15, 0.2) is 0 Å². The molecule has 10 heteroatoms. The molecule has 4 rings (SSSR count). The molecule has 0 atom stereocenters. The van der Waals surface area contributed by atoms with Crippen molar-refractivity contribution in [2.75, 3.05) is 26.2 Å². The first kappa shape index (κ1) is 21.0.